The van der Waals surface area contributed by atoms with E-state index in [4.69, 9.17) is 9.84 Å². The van der Waals surface area contributed by atoms with Gasteiger partial charge in [-0.05, 0) is 17.4 Å². The average Bonchev–Trinajstić information content (AvgIpc) is 2.63. The molecule has 7 nitrogen and oxygen atoms in total. The van der Waals surface area contributed by atoms with Crippen LogP contribution in [-0.4, -0.2) is 44.5 Å². The highest BCUT2D eigenvalue weighted by Crippen LogP contribution is 1.96. The molecule has 0 saturated heterocycles. The molecule has 7 heteroatoms. The summed E-state index contributed by atoms with van der Waals surface area (Å²) < 4.78 is 6.66. The topological polar surface area (TPSA) is 90.1 Å². The number of aryl methyl sites for hydroxylation is 1. The lowest BCUT2D eigenvalue weighted by molar-refractivity contribution is -0.137. The Kier molecular flexibility index (Phi) is 4.69. The van der Waals surface area contributed by atoms with Gasteiger partial charge >= 0.3 is 5.97 Å². The van der Waals surface area contributed by atoms with E-state index in [0.717, 1.165) is 0 Å². The second kappa shape index (κ2) is 6.07. The van der Waals surface area contributed by atoms with Gasteiger partial charge < -0.3 is 9.84 Å². The number of aromatic nitrogens is 4. The van der Waals surface area contributed by atoms with Crippen LogP contribution in [0.5, 0.6) is 0 Å². The van der Waals surface area contributed by atoms with Gasteiger partial charge in [0, 0.05) is 13.0 Å². The summed E-state index contributed by atoms with van der Waals surface area (Å²) in [6.45, 7) is 3.40. The highest BCUT2D eigenvalue weighted by atomic mass is 16.5. The average molecular weight is 214 g/mol. The molecule has 0 aliphatic carbocycles. The van der Waals surface area contributed by atoms with E-state index in [9.17, 15) is 4.79 Å². The number of ether oxygens (including phenoxy) is 1. The molecule has 0 saturated carbocycles. The van der Waals surface area contributed by atoms with E-state index in [1.54, 1.807) is 0 Å². The number of hydrogen-bond donors (Lipinski definition) is 1. The summed E-state index contributed by atoms with van der Waals surface area (Å²) in [6, 6.07) is 0. The largest absolute Gasteiger partial charge is 0.481 e. The molecule has 15 heavy (non-hydrogen) atoms. The summed E-state index contributed by atoms with van der Waals surface area (Å²) in [6.07, 6.45) is 0.618. The molecule has 0 unspecified atom stereocenters. The van der Waals surface area contributed by atoms with Gasteiger partial charge in [-0.1, -0.05) is 0 Å². The van der Waals surface area contributed by atoms with Crippen molar-refractivity contribution in [1.82, 2.24) is 20.2 Å². The highest BCUT2D eigenvalue weighted by molar-refractivity contribution is 5.66. The van der Waals surface area contributed by atoms with Crippen LogP contribution < -0.4 is 0 Å². The molecule has 0 atom stereocenters. The van der Waals surface area contributed by atoms with Crippen LogP contribution in [-0.2, 0) is 22.5 Å². The number of hydrogen-bond acceptors (Lipinski definition) is 5. The molecule has 0 fully saturated rings. The van der Waals surface area contributed by atoms with Crippen molar-refractivity contribution in [2.45, 2.75) is 26.3 Å². The fourth-order valence-electron chi connectivity index (χ4n) is 1.09. The van der Waals surface area contributed by atoms with Crippen LogP contribution in [0, 0.1) is 0 Å². The standard InChI is InChI=1S/C8H14N4O3/c1-2-15-6-4-7-9-10-11-12(7)5-3-8(13)14/h2-6H2,1H3,(H,13,14). The van der Waals surface area contributed by atoms with Gasteiger partial charge in [-0.15, -0.1) is 5.10 Å². The second-order valence-corrected chi connectivity index (χ2v) is 2.91. The lowest BCUT2D eigenvalue weighted by atomic mass is 10.4. The molecule has 1 rings (SSSR count). The van der Waals surface area contributed by atoms with Gasteiger partial charge in [0.1, 0.15) is 0 Å². The molecule has 0 aromatic carbocycles. The Bertz CT molecular complexity index is 313. The molecule has 1 aromatic heterocycles. The monoisotopic (exact) mass is 214 g/mol. The van der Waals surface area contributed by atoms with Crippen LogP contribution in [0.2, 0.25) is 0 Å². The molecular weight excluding hydrogens is 200 g/mol. The fraction of sp³-hybridized carbons (Fsp3) is 0.750. The third-order valence-electron chi connectivity index (χ3n) is 1.82. The van der Waals surface area contributed by atoms with E-state index >= 15 is 0 Å². The van der Waals surface area contributed by atoms with E-state index in [1.165, 1.54) is 4.68 Å². The Labute approximate surface area is 87.0 Å². The summed E-state index contributed by atoms with van der Waals surface area (Å²) >= 11 is 0. The quantitative estimate of drug-likeness (QED) is 0.628. The third kappa shape index (κ3) is 4.03. The van der Waals surface area contributed by atoms with Gasteiger partial charge in [0.05, 0.1) is 19.6 Å². The Morgan fingerprint density at radius 2 is 2.40 bits per heavy atom. The first-order valence-electron chi connectivity index (χ1n) is 4.78. The third-order valence-corrected chi connectivity index (χ3v) is 1.82. The predicted octanol–water partition coefficient (Wildman–Crippen LogP) is -0.273. The molecule has 1 heterocycles. The van der Waals surface area contributed by atoms with E-state index in [1.807, 2.05) is 6.92 Å². The van der Waals surface area contributed by atoms with Crippen molar-refractivity contribution in [2.24, 2.45) is 0 Å². The molecule has 1 aromatic rings. The van der Waals surface area contributed by atoms with Crippen LogP contribution in [0.3, 0.4) is 0 Å². The summed E-state index contributed by atoms with van der Waals surface area (Å²) in [7, 11) is 0. The molecular formula is C8H14N4O3. The van der Waals surface area contributed by atoms with Gasteiger partial charge in [-0.25, -0.2) is 4.68 Å². The Morgan fingerprint density at radius 1 is 1.60 bits per heavy atom. The van der Waals surface area contributed by atoms with Gasteiger partial charge in [0.25, 0.3) is 0 Å². The van der Waals surface area contributed by atoms with Gasteiger partial charge in [0.15, 0.2) is 5.82 Å². The minimum Gasteiger partial charge on any atom is -0.481 e. The number of carboxylic acids is 1. The van der Waals surface area contributed by atoms with Crippen molar-refractivity contribution in [3.8, 4) is 0 Å². The maximum absolute atomic E-state index is 10.4. The molecule has 0 amide bonds. The number of carboxylic acid groups (broad SMARTS) is 1. The number of carbonyl (C=O) groups is 1. The maximum Gasteiger partial charge on any atom is 0.305 e. The van der Waals surface area contributed by atoms with Gasteiger partial charge in [0.2, 0.25) is 0 Å². The minimum absolute atomic E-state index is 0.0205. The Balaban J connectivity index is 2.42. The van der Waals surface area contributed by atoms with Crippen LogP contribution in [0.15, 0.2) is 0 Å². The number of nitrogens with zero attached hydrogens (tertiary/aromatic N) is 4. The summed E-state index contributed by atoms with van der Waals surface area (Å²) in [4.78, 5) is 10.4. The normalized spacial score (nSPS) is 10.5. The molecule has 0 spiro atoms. The number of tetrazole rings is 1. The van der Waals surface area contributed by atoms with Crippen molar-refractivity contribution >= 4 is 5.97 Å². The highest BCUT2D eigenvalue weighted by Gasteiger charge is 2.07. The summed E-state index contributed by atoms with van der Waals surface area (Å²) in [5.74, 6) is -0.203. The zero-order valence-corrected chi connectivity index (χ0v) is 8.59. The van der Waals surface area contributed by atoms with Crippen LogP contribution in [0.1, 0.15) is 19.2 Å². The fourth-order valence-corrected chi connectivity index (χ4v) is 1.09. The van der Waals surface area contributed by atoms with Crippen LogP contribution in [0.4, 0.5) is 0 Å². The zero-order valence-electron chi connectivity index (χ0n) is 8.59. The molecule has 0 aliphatic heterocycles. The Hall–Kier alpha value is -1.50. The lowest BCUT2D eigenvalue weighted by Gasteiger charge is -2.02. The molecule has 0 aliphatic rings. The van der Waals surface area contributed by atoms with Crippen molar-refractivity contribution < 1.29 is 14.6 Å². The lowest BCUT2D eigenvalue weighted by Crippen LogP contribution is -2.11. The van der Waals surface area contributed by atoms with E-state index in [2.05, 4.69) is 15.5 Å². The molecule has 1 N–H and O–H groups in total. The first kappa shape index (κ1) is 11.6. The molecule has 0 bridgehead atoms. The summed E-state index contributed by atoms with van der Waals surface area (Å²) in [5.41, 5.74) is 0. The first-order valence-corrected chi connectivity index (χ1v) is 4.78. The second-order valence-electron chi connectivity index (χ2n) is 2.91. The van der Waals surface area contributed by atoms with Crippen molar-refractivity contribution in [3.63, 3.8) is 0 Å². The molecule has 0 radical (unpaired) electrons. The minimum atomic E-state index is -0.860. The van der Waals surface area contributed by atoms with Gasteiger partial charge in [-0.3, -0.25) is 4.79 Å². The van der Waals surface area contributed by atoms with Crippen molar-refractivity contribution in [1.29, 1.82) is 0 Å². The summed E-state index contributed by atoms with van der Waals surface area (Å²) in [5, 5.41) is 19.5. The van der Waals surface area contributed by atoms with E-state index in [0.29, 0.717) is 32.0 Å². The SMILES string of the molecule is CCOCCc1nnnn1CCC(=O)O. The van der Waals surface area contributed by atoms with Crippen LogP contribution >= 0.6 is 0 Å². The van der Waals surface area contributed by atoms with Crippen LogP contribution in [0.25, 0.3) is 0 Å². The van der Waals surface area contributed by atoms with Crippen molar-refractivity contribution in [2.75, 3.05) is 13.2 Å². The maximum atomic E-state index is 10.4. The smallest absolute Gasteiger partial charge is 0.305 e. The predicted molar refractivity (Wildman–Crippen MR) is 50.3 cm³/mol. The van der Waals surface area contributed by atoms with E-state index in [-0.39, 0.29) is 6.42 Å². The first-order chi connectivity index (χ1) is 7.24. The zero-order chi connectivity index (χ0) is 11.1. The van der Waals surface area contributed by atoms with Gasteiger partial charge in [-0.2, -0.15) is 0 Å². The van der Waals surface area contributed by atoms with Crippen molar-refractivity contribution in [3.05, 3.63) is 5.82 Å². The molecule has 84 valence electrons. The number of rotatable bonds is 7. The number of aliphatic carboxylic acids is 1. The Morgan fingerprint density at radius 3 is 3.07 bits per heavy atom. The van der Waals surface area contributed by atoms with E-state index < -0.39 is 5.97 Å².